The van der Waals surface area contributed by atoms with E-state index >= 15 is 0 Å². The molecule has 0 aliphatic heterocycles. The van der Waals surface area contributed by atoms with Crippen LogP contribution < -0.4 is 0 Å². The highest BCUT2D eigenvalue weighted by Gasteiger charge is 2.15. The maximum atomic E-state index is 2.39. The van der Waals surface area contributed by atoms with Gasteiger partial charge in [0.15, 0.2) is 0 Å². The van der Waals surface area contributed by atoms with E-state index in [4.69, 9.17) is 0 Å². The van der Waals surface area contributed by atoms with Gasteiger partial charge in [0.2, 0.25) is 0 Å². The third kappa shape index (κ3) is 7.10. The summed E-state index contributed by atoms with van der Waals surface area (Å²) in [5, 5.41) is 12.5. The number of rotatable bonds is 6. The predicted molar refractivity (Wildman–Crippen MR) is 278 cm³/mol. The normalized spacial score (nSPS) is 11.3. The molecule has 0 aromatic heterocycles. The molecule has 12 aromatic rings. The Kier molecular flexibility index (Phi) is 10.1. The molecule has 0 atom stereocenters. The van der Waals surface area contributed by atoms with Crippen molar-refractivity contribution in [1.29, 1.82) is 0 Å². The molecule has 0 saturated heterocycles. The molecule has 0 spiro atoms. The highest BCUT2D eigenvalue weighted by atomic mass is 14.2. The number of fused-ring (bicyclic) bond motifs is 7. The zero-order valence-corrected chi connectivity index (χ0v) is 36.1. The minimum absolute atomic E-state index is 1.22. The number of hydrogen-bond donors (Lipinski definition) is 0. The average molecular weight is 815 g/mol. The van der Waals surface area contributed by atoms with Crippen LogP contribution in [0, 0.1) is 0 Å². The molecule has 0 amide bonds. The smallest absolute Gasteiger partial charge is 0.00928 e. The fourth-order valence-electron chi connectivity index (χ4n) is 9.60. The van der Waals surface area contributed by atoms with E-state index in [-0.39, 0.29) is 0 Å². The lowest BCUT2D eigenvalue weighted by Crippen LogP contribution is -1.89. The van der Waals surface area contributed by atoms with Gasteiger partial charge in [-0.1, -0.05) is 208 Å². The Labute approximate surface area is 375 Å². The van der Waals surface area contributed by atoms with Crippen molar-refractivity contribution in [2.75, 3.05) is 0 Å². The fraction of sp³-hybridized carbons (Fsp3) is 0.0312. The summed E-state index contributed by atoms with van der Waals surface area (Å²) in [6.45, 7) is 4.00. The standard InChI is InChI=1S/C62H40.C2H6/c1-5-13-41(14-6-1)47-23-27-53-39-57(55-31-29-49(37-61(55)59(53)35-47)43-17-9-3-10-18-43)51-25-21-46-34-52(26-22-45(46)33-51)58-40-54-28-24-48(42-15-7-2-8-16-42)36-60(54)62-38-50(30-32-56(58)62)44-19-11-4-12-20-44;1-2/h1-40H;1-2H3. The Morgan fingerprint density at radius 3 is 0.797 bits per heavy atom. The van der Waals surface area contributed by atoms with E-state index in [0.29, 0.717) is 0 Å². The van der Waals surface area contributed by atoms with E-state index in [1.54, 1.807) is 0 Å². The van der Waals surface area contributed by atoms with Crippen molar-refractivity contribution >= 4 is 53.9 Å². The summed E-state index contributed by atoms with van der Waals surface area (Å²) in [6.07, 6.45) is 0. The van der Waals surface area contributed by atoms with Crippen LogP contribution in [0.5, 0.6) is 0 Å². The first-order valence-corrected chi connectivity index (χ1v) is 22.5. The van der Waals surface area contributed by atoms with Crippen LogP contribution in [0.15, 0.2) is 243 Å². The molecule has 0 nitrogen and oxygen atoms in total. The van der Waals surface area contributed by atoms with Crippen molar-refractivity contribution < 1.29 is 0 Å². The Morgan fingerprint density at radius 1 is 0.172 bits per heavy atom. The van der Waals surface area contributed by atoms with Gasteiger partial charge in [-0.15, -0.1) is 0 Å². The lowest BCUT2D eigenvalue weighted by molar-refractivity contribution is 1.50. The zero-order chi connectivity index (χ0) is 43.0. The van der Waals surface area contributed by atoms with Gasteiger partial charge >= 0.3 is 0 Å². The molecule has 0 radical (unpaired) electrons. The topological polar surface area (TPSA) is 0 Å². The first-order chi connectivity index (χ1) is 31.7. The number of benzene rings is 12. The van der Waals surface area contributed by atoms with Gasteiger partial charge in [-0.2, -0.15) is 0 Å². The Bertz CT molecular complexity index is 3400. The molecule has 0 unspecified atom stereocenters. The summed E-state index contributed by atoms with van der Waals surface area (Å²) in [4.78, 5) is 0. The lowest BCUT2D eigenvalue weighted by atomic mass is 9.88. The monoisotopic (exact) mass is 814 g/mol. The molecule has 0 fully saturated rings. The fourth-order valence-corrected chi connectivity index (χ4v) is 9.60. The summed E-state index contributed by atoms with van der Waals surface area (Å²) in [7, 11) is 0. The molecule has 0 bridgehead atoms. The van der Waals surface area contributed by atoms with E-state index in [1.807, 2.05) is 13.8 Å². The molecule has 0 aliphatic rings. The largest absolute Gasteiger partial charge is 0.0683 e. The van der Waals surface area contributed by atoms with Crippen LogP contribution in [-0.4, -0.2) is 0 Å². The second-order valence-electron chi connectivity index (χ2n) is 16.5. The van der Waals surface area contributed by atoms with Gasteiger partial charge in [0.05, 0.1) is 0 Å². The van der Waals surface area contributed by atoms with E-state index < -0.39 is 0 Å². The maximum absolute atomic E-state index is 2.39. The van der Waals surface area contributed by atoms with Crippen LogP contribution in [0.3, 0.4) is 0 Å². The van der Waals surface area contributed by atoms with Gasteiger partial charge in [0.25, 0.3) is 0 Å². The van der Waals surface area contributed by atoms with Crippen LogP contribution in [0.1, 0.15) is 13.8 Å². The van der Waals surface area contributed by atoms with Crippen molar-refractivity contribution in [2.24, 2.45) is 0 Å². The van der Waals surface area contributed by atoms with Gasteiger partial charge in [0.1, 0.15) is 0 Å². The van der Waals surface area contributed by atoms with Gasteiger partial charge in [-0.3, -0.25) is 0 Å². The predicted octanol–water partition coefficient (Wildman–Crippen LogP) is 18.5. The van der Waals surface area contributed by atoms with Crippen molar-refractivity contribution in [3.8, 4) is 66.8 Å². The van der Waals surface area contributed by atoms with Crippen molar-refractivity contribution in [3.63, 3.8) is 0 Å². The van der Waals surface area contributed by atoms with Crippen LogP contribution >= 0.6 is 0 Å². The van der Waals surface area contributed by atoms with E-state index in [1.165, 1.54) is 121 Å². The second-order valence-corrected chi connectivity index (χ2v) is 16.5. The second kappa shape index (κ2) is 16.7. The number of hydrogen-bond acceptors (Lipinski definition) is 0. The minimum Gasteiger partial charge on any atom is -0.0683 e. The van der Waals surface area contributed by atoms with Crippen molar-refractivity contribution in [2.45, 2.75) is 13.8 Å². The van der Waals surface area contributed by atoms with E-state index in [9.17, 15) is 0 Å². The highest BCUT2D eigenvalue weighted by Crippen LogP contribution is 2.42. The molecular formula is C64H46. The van der Waals surface area contributed by atoms with E-state index in [0.717, 1.165) is 0 Å². The molecule has 0 heterocycles. The Balaban J connectivity index is 0.00000225. The van der Waals surface area contributed by atoms with Crippen LogP contribution in [0.25, 0.3) is 121 Å². The third-order valence-corrected chi connectivity index (χ3v) is 12.8. The molecule has 302 valence electrons. The van der Waals surface area contributed by atoms with Crippen molar-refractivity contribution in [1.82, 2.24) is 0 Å². The van der Waals surface area contributed by atoms with Gasteiger partial charge in [-0.05, 0) is 169 Å². The van der Waals surface area contributed by atoms with E-state index in [2.05, 4.69) is 243 Å². The molecule has 0 N–H and O–H groups in total. The van der Waals surface area contributed by atoms with Crippen LogP contribution in [-0.2, 0) is 0 Å². The summed E-state index contributed by atoms with van der Waals surface area (Å²) >= 11 is 0. The Morgan fingerprint density at radius 2 is 0.453 bits per heavy atom. The molecule has 12 rings (SSSR count). The molecule has 0 aliphatic carbocycles. The summed E-state index contributed by atoms with van der Waals surface area (Å²) in [6, 6.07) is 89.4. The van der Waals surface area contributed by atoms with Crippen LogP contribution in [0.2, 0.25) is 0 Å². The van der Waals surface area contributed by atoms with Gasteiger partial charge in [-0.25, -0.2) is 0 Å². The average Bonchev–Trinajstić information content (AvgIpc) is 3.39. The first kappa shape index (κ1) is 38.8. The van der Waals surface area contributed by atoms with Gasteiger partial charge < -0.3 is 0 Å². The first-order valence-electron chi connectivity index (χ1n) is 22.5. The SMILES string of the molecule is CC.c1ccc(-c2ccc3cc(-c4ccc5cc(-c6cc7ccc(-c8ccccc8)cc7c7cc(-c8ccccc8)ccc67)ccc5c4)c4ccc(-c5ccccc5)cc4c3c2)cc1. The highest BCUT2D eigenvalue weighted by molar-refractivity contribution is 6.17. The molecule has 64 heavy (non-hydrogen) atoms. The van der Waals surface area contributed by atoms with Gasteiger partial charge in [0, 0.05) is 0 Å². The molecule has 0 saturated carbocycles. The minimum atomic E-state index is 1.22. The summed E-state index contributed by atoms with van der Waals surface area (Å²) in [5.41, 5.74) is 14.7. The molecule has 12 aromatic carbocycles. The quantitative estimate of drug-likeness (QED) is 0.147. The lowest BCUT2D eigenvalue weighted by Gasteiger charge is -2.16. The third-order valence-electron chi connectivity index (χ3n) is 12.8. The maximum Gasteiger partial charge on any atom is -0.00928 e. The summed E-state index contributed by atoms with van der Waals surface area (Å²) in [5.74, 6) is 0. The van der Waals surface area contributed by atoms with Crippen molar-refractivity contribution in [3.05, 3.63) is 243 Å². The summed E-state index contributed by atoms with van der Waals surface area (Å²) < 4.78 is 0. The zero-order valence-electron chi connectivity index (χ0n) is 36.1. The van der Waals surface area contributed by atoms with Crippen LogP contribution in [0.4, 0.5) is 0 Å². The molecular weight excluding hydrogens is 769 g/mol. The molecule has 0 heteroatoms. The Hall–Kier alpha value is -8.06.